The van der Waals surface area contributed by atoms with Crippen LogP contribution in [0.15, 0.2) is 24.3 Å². The van der Waals surface area contributed by atoms with E-state index in [0.717, 1.165) is 0 Å². The molecule has 3 rings (SSSR count). The third-order valence-corrected chi connectivity index (χ3v) is 4.33. The van der Waals surface area contributed by atoms with Gasteiger partial charge in [0.1, 0.15) is 6.10 Å². The van der Waals surface area contributed by atoms with E-state index in [1.54, 1.807) is 12.1 Å². The summed E-state index contributed by atoms with van der Waals surface area (Å²) in [4.78, 5) is 11.9. The largest absolute Gasteiger partial charge is 0.504 e. The predicted octanol–water partition coefficient (Wildman–Crippen LogP) is 3.25. The number of rotatable bonds is 3. The van der Waals surface area contributed by atoms with Gasteiger partial charge >= 0.3 is 0 Å². The Hall–Kier alpha value is -2.89. The van der Waals surface area contributed by atoms with Gasteiger partial charge in [0, 0.05) is 22.6 Å². The number of hydrogen-bond donors (Lipinski definition) is 3. The van der Waals surface area contributed by atoms with Crippen LogP contribution in [0, 0.1) is 0 Å². The molecule has 6 heteroatoms. The molecule has 0 saturated carbocycles. The number of ketones is 1. The Labute approximate surface area is 138 Å². The monoisotopic (exact) mass is 330 g/mol. The van der Waals surface area contributed by atoms with Gasteiger partial charge in [0.15, 0.2) is 28.8 Å². The number of ether oxygens (including phenoxy) is 2. The van der Waals surface area contributed by atoms with Crippen LogP contribution in [-0.2, 0) is 0 Å². The molecule has 24 heavy (non-hydrogen) atoms. The summed E-state index contributed by atoms with van der Waals surface area (Å²) in [5, 5.41) is 29.7. The Morgan fingerprint density at radius 1 is 1.17 bits per heavy atom. The van der Waals surface area contributed by atoms with E-state index in [0.29, 0.717) is 16.7 Å². The first-order valence-electron chi connectivity index (χ1n) is 7.48. The van der Waals surface area contributed by atoms with Crippen LogP contribution in [0.3, 0.4) is 0 Å². The van der Waals surface area contributed by atoms with Crippen LogP contribution in [-0.4, -0.2) is 28.2 Å². The van der Waals surface area contributed by atoms with E-state index in [1.807, 2.05) is 6.92 Å². The quantitative estimate of drug-likeness (QED) is 0.590. The smallest absolute Gasteiger partial charge is 0.200 e. The van der Waals surface area contributed by atoms with Crippen molar-refractivity contribution in [1.29, 1.82) is 0 Å². The van der Waals surface area contributed by atoms with Crippen molar-refractivity contribution in [2.75, 3.05) is 7.11 Å². The molecule has 2 aromatic carbocycles. The molecule has 0 radical (unpaired) electrons. The molecule has 1 aliphatic rings. The van der Waals surface area contributed by atoms with Crippen LogP contribution < -0.4 is 9.47 Å². The summed E-state index contributed by atoms with van der Waals surface area (Å²) in [6.07, 6.45) is -0.535. The minimum Gasteiger partial charge on any atom is -0.504 e. The molecule has 1 aliphatic heterocycles. The summed E-state index contributed by atoms with van der Waals surface area (Å²) in [6.45, 7) is 3.33. The summed E-state index contributed by atoms with van der Waals surface area (Å²) >= 11 is 0. The van der Waals surface area contributed by atoms with Crippen LogP contribution in [0.1, 0.15) is 47.4 Å². The molecule has 2 unspecified atom stereocenters. The maximum atomic E-state index is 11.9. The SMILES string of the molecule is COc1cc(C2Oc3c(O)ccc(C(C)=O)c3C2C)cc(O)c1O. The van der Waals surface area contributed by atoms with Gasteiger partial charge in [-0.25, -0.2) is 0 Å². The fourth-order valence-corrected chi connectivity index (χ4v) is 3.14. The molecule has 3 N–H and O–H groups in total. The van der Waals surface area contributed by atoms with Crippen LogP contribution in [0.5, 0.6) is 28.7 Å². The van der Waals surface area contributed by atoms with Crippen molar-refractivity contribution in [3.63, 3.8) is 0 Å². The Kier molecular flexibility index (Phi) is 3.75. The molecule has 6 nitrogen and oxygen atoms in total. The van der Waals surface area contributed by atoms with E-state index in [2.05, 4.69) is 0 Å². The fourth-order valence-electron chi connectivity index (χ4n) is 3.14. The molecule has 2 aromatic rings. The number of carbonyl (C=O) groups is 1. The Morgan fingerprint density at radius 3 is 2.50 bits per heavy atom. The number of aromatic hydroxyl groups is 3. The number of methoxy groups -OCH3 is 1. The van der Waals surface area contributed by atoms with Crippen molar-refractivity contribution in [1.82, 2.24) is 0 Å². The predicted molar refractivity (Wildman–Crippen MR) is 86.2 cm³/mol. The van der Waals surface area contributed by atoms with E-state index < -0.39 is 6.10 Å². The lowest BCUT2D eigenvalue weighted by atomic mass is 9.88. The second-order valence-electron chi connectivity index (χ2n) is 5.85. The standard InChI is InChI=1S/C18H18O6/c1-8-15-11(9(2)19)4-5-12(20)18(15)24-17(8)10-6-13(21)16(22)14(7-10)23-3/h4-8,17,20-22H,1-3H3. The van der Waals surface area contributed by atoms with Crippen molar-refractivity contribution in [2.45, 2.75) is 25.9 Å². The first-order chi connectivity index (χ1) is 11.3. The zero-order chi connectivity index (χ0) is 17.6. The molecule has 2 atom stereocenters. The van der Waals surface area contributed by atoms with Crippen LogP contribution in [0.4, 0.5) is 0 Å². The summed E-state index contributed by atoms with van der Waals surface area (Å²) in [5.41, 5.74) is 1.70. The summed E-state index contributed by atoms with van der Waals surface area (Å²) in [5.74, 6) is -0.684. The summed E-state index contributed by atoms with van der Waals surface area (Å²) in [7, 11) is 1.38. The summed E-state index contributed by atoms with van der Waals surface area (Å²) in [6, 6.07) is 5.95. The number of benzene rings is 2. The first kappa shape index (κ1) is 16.0. The number of phenolic OH excluding ortho intramolecular Hbond substituents is 3. The molecule has 0 aliphatic carbocycles. The Morgan fingerprint density at radius 2 is 1.88 bits per heavy atom. The zero-order valence-corrected chi connectivity index (χ0v) is 13.5. The van der Waals surface area contributed by atoms with Gasteiger partial charge < -0.3 is 24.8 Å². The normalized spacial score (nSPS) is 18.8. The van der Waals surface area contributed by atoms with E-state index in [4.69, 9.17) is 9.47 Å². The van der Waals surface area contributed by atoms with E-state index >= 15 is 0 Å². The molecular formula is C18H18O6. The molecule has 1 heterocycles. The van der Waals surface area contributed by atoms with Crippen molar-refractivity contribution in [2.24, 2.45) is 0 Å². The average Bonchev–Trinajstić information content (AvgIpc) is 2.89. The van der Waals surface area contributed by atoms with Crippen LogP contribution >= 0.6 is 0 Å². The number of carbonyl (C=O) groups excluding carboxylic acids is 1. The zero-order valence-electron chi connectivity index (χ0n) is 13.5. The van der Waals surface area contributed by atoms with Gasteiger partial charge in [0.05, 0.1) is 7.11 Å². The van der Waals surface area contributed by atoms with Crippen LogP contribution in [0.2, 0.25) is 0 Å². The van der Waals surface area contributed by atoms with Gasteiger partial charge in [0.25, 0.3) is 0 Å². The van der Waals surface area contributed by atoms with E-state index in [9.17, 15) is 20.1 Å². The van der Waals surface area contributed by atoms with E-state index in [-0.39, 0.29) is 40.4 Å². The highest BCUT2D eigenvalue weighted by Crippen LogP contribution is 2.52. The highest BCUT2D eigenvalue weighted by Gasteiger charge is 2.37. The number of Topliss-reactive ketones (excluding diaryl/α,β-unsaturated/α-hetero) is 1. The van der Waals surface area contributed by atoms with Crippen molar-refractivity contribution in [3.8, 4) is 28.7 Å². The summed E-state index contributed by atoms with van der Waals surface area (Å²) < 4.78 is 10.9. The maximum absolute atomic E-state index is 11.9. The van der Waals surface area contributed by atoms with Gasteiger partial charge in [0.2, 0.25) is 5.75 Å². The maximum Gasteiger partial charge on any atom is 0.200 e. The lowest BCUT2D eigenvalue weighted by Gasteiger charge is -2.18. The van der Waals surface area contributed by atoms with Gasteiger partial charge in [-0.2, -0.15) is 0 Å². The molecular weight excluding hydrogens is 312 g/mol. The lowest BCUT2D eigenvalue weighted by molar-refractivity contribution is 0.101. The van der Waals surface area contributed by atoms with Gasteiger partial charge in [-0.1, -0.05) is 6.92 Å². The van der Waals surface area contributed by atoms with Crippen molar-refractivity contribution >= 4 is 5.78 Å². The van der Waals surface area contributed by atoms with Gasteiger partial charge in [-0.05, 0) is 31.2 Å². The van der Waals surface area contributed by atoms with E-state index in [1.165, 1.54) is 26.2 Å². The molecule has 0 spiro atoms. The molecule has 0 aromatic heterocycles. The third-order valence-electron chi connectivity index (χ3n) is 4.33. The molecule has 0 saturated heterocycles. The third kappa shape index (κ3) is 2.31. The molecule has 0 amide bonds. The Bertz CT molecular complexity index is 827. The average molecular weight is 330 g/mol. The number of phenols is 3. The number of hydrogen-bond acceptors (Lipinski definition) is 6. The second-order valence-corrected chi connectivity index (χ2v) is 5.85. The first-order valence-corrected chi connectivity index (χ1v) is 7.48. The van der Waals surface area contributed by atoms with Crippen molar-refractivity contribution in [3.05, 3.63) is 41.0 Å². The fraction of sp³-hybridized carbons (Fsp3) is 0.278. The molecule has 126 valence electrons. The second kappa shape index (κ2) is 5.63. The molecule has 0 fully saturated rings. The Balaban J connectivity index is 2.11. The highest BCUT2D eigenvalue weighted by atomic mass is 16.5. The van der Waals surface area contributed by atoms with Gasteiger partial charge in [-0.3, -0.25) is 4.79 Å². The lowest BCUT2D eigenvalue weighted by Crippen LogP contribution is -2.08. The minimum absolute atomic E-state index is 0.0423. The highest BCUT2D eigenvalue weighted by molar-refractivity contribution is 5.97. The topological polar surface area (TPSA) is 96.2 Å². The van der Waals surface area contributed by atoms with Crippen molar-refractivity contribution < 1.29 is 29.6 Å². The van der Waals surface area contributed by atoms with Gasteiger partial charge in [-0.15, -0.1) is 0 Å². The number of fused-ring (bicyclic) bond motifs is 1. The van der Waals surface area contributed by atoms with Crippen LogP contribution in [0.25, 0.3) is 0 Å². The molecule has 0 bridgehead atoms. The minimum atomic E-state index is -0.535.